The number of carboxylic acid groups (broad SMARTS) is 1. The maximum absolute atomic E-state index is 10.4. The number of aromatic carboxylic acids is 1. The molecule has 80 valence electrons. The molecule has 0 aromatic carbocycles. The molecule has 1 heterocycles. The topological polar surface area (TPSA) is 70.7 Å². The van der Waals surface area contributed by atoms with Crippen LogP contribution < -0.4 is 0 Å². The first-order valence-electron chi connectivity index (χ1n) is 4.47. The van der Waals surface area contributed by atoms with Gasteiger partial charge in [-0.1, -0.05) is 13.8 Å². The van der Waals surface area contributed by atoms with Crippen LogP contribution in [-0.2, 0) is 5.60 Å². The zero-order chi connectivity index (χ0) is 11.4. The quantitative estimate of drug-likeness (QED) is 0.768. The van der Waals surface area contributed by atoms with Crippen molar-refractivity contribution in [1.82, 2.24) is 0 Å². The molecule has 0 saturated carbocycles. The molecule has 4 nitrogen and oxygen atoms in total. The zero-order valence-corrected chi connectivity index (χ0v) is 8.87. The summed E-state index contributed by atoms with van der Waals surface area (Å²) >= 11 is 0. The second-order valence-electron chi connectivity index (χ2n) is 3.03. The van der Waals surface area contributed by atoms with Gasteiger partial charge in [0, 0.05) is 0 Å². The molecule has 0 radical (unpaired) electrons. The maximum Gasteiger partial charge on any atom is 0.371 e. The normalized spacial score (nSPS) is 10.4. The molecule has 0 unspecified atom stereocenters. The van der Waals surface area contributed by atoms with Crippen molar-refractivity contribution < 1.29 is 19.4 Å². The van der Waals surface area contributed by atoms with Crippen molar-refractivity contribution in [2.45, 2.75) is 33.3 Å². The molecule has 4 heteroatoms. The van der Waals surface area contributed by atoms with Crippen molar-refractivity contribution in [1.29, 1.82) is 0 Å². The van der Waals surface area contributed by atoms with Crippen molar-refractivity contribution in [3.63, 3.8) is 0 Å². The molecule has 1 aromatic rings. The van der Waals surface area contributed by atoms with Gasteiger partial charge in [-0.25, -0.2) is 4.79 Å². The number of hydrogen-bond acceptors (Lipinski definition) is 3. The predicted octanol–water partition coefficient (Wildman–Crippen LogP) is 2.23. The number of carboxylic acids is 1. The van der Waals surface area contributed by atoms with Gasteiger partial charge in [0.05, 0.1) is 0 Å². The molecule has 0 fully saturated rings. The van der Waals surface area contributed by atoms with E-state index in [1.54, 1.807) is 0 Å². The highest BCUT2D eigenvalue weighted by atomic mass is 16.4. The molecule has 0 atom stereocenters. The Morgan fingerprint density at radius 3 is 2.07 bits per heavy atom. The minimum absolute atomic E-state index is 0.160. The lowest BCUT2D eigenvalue weighted by Crippen LogP contribution is -2.14. The van der Waals surface area contributed by atoms with Crippen LogP contribution in [0.15, 0.2) is 16.5 Å². The third kappa shape index (κ3) is 3.22. The second-order valence-corrected chi connectivity index (χ2v) is 3.03. The molecule has 2 N–H and O–H groups in total. The van der Waals surface area contributed by atoms with Gasteiger partial charge in [-0.05, 0) is 26.0 Å². The zero-order valence-electron chi connectivity index (χ0n) is 8.87. The summed E-state index contributed by atoms with van der Waals surface area (Å²) in [5.74, 6) is -1.04. The van der Waals surface area contributed by atoms with Gasteiger partial charge in [0.15, 0.2) is 0 Å². The number of carbonyl (C=O) groups is 1. The van der Waals surface area contributed by atoms with Gasteiger partial charge < -0.3 is 14.6 Å². The van der Waals surface area contributed by atoms with Crippen LogP contribution in [0.5, 0.6) is 0 Å². The van der Waals surface area contributed by atoms with Crippen LogP contribution in [0.25, 0.3) is 0 Å². The first-order chi connectivity index (χ1) is 6.41. The van der Waals surface area contributed by atoms with Crippen LogP contribution in [0.1, 0.15) is 44.0 Å². The van der Waals surface area contributed by atoms with E-state index in [2.05, 4.69) is 0 Å². The van der Waals surface area contributed by atoms with Gasteiger partial charge in [-0.15, -0.1) is 0 Å². The summed E-state index contributed by atoms with van der Waals surface area (Å²) in [5, 5.41) is 17.9. The molecule has 0 amide bonds. The van der Waals surface area contributed by atoms with E-state index in [1.807, 2.05) is 13.8 Å². The molecule has 1 rings (SSSR count). The van der Waals surface area contributed by atoms with Crippen molar-refractivity contribution in [3.8, 4) is 0 Å². The Kier molecular flexibility index (Phi) is 4.37. The third-order valence-electron chi connectivity index (χ3n) is 1.42. The summed E-state index contributed by atoms with van der Waals surface area (Å²) in [6.07, 6.45) is 0. The monoisotopic (exact) mass is 200 g/mol. The van der Waals surface area contributed by atoms with Gasteiger partial charge in [-0.2, -0.15) is 0 Å². The maximum atomic E-state index is 10.4. The molecular weight excluding hydrogens is 184 g/mol. The van der Waals surface area contributed by atoms with E-state index in [4.69, 9.17) is 9.52 Å². The van der Waals surface area contributed by atoms with Crippen LogP contribution >= 0.6 is 0 Å². The van der Waals surface area contributed by atoms with Crippen LogP contribution in [0, 0.1) is 0 Å². The first-order valence-corrected chi connectivity index (χ1v) is 4.47. The van der Waals surface area contributed by atoms with E-state index >= 15 is 0 Å². The first kappa shape index (κ1) is 12.7. The molecule has 0 aliphatic carbocycles. The van der Waals surface area contributed by atoms with Crippen molar-refractivity contribution >= 4 is 5.97 Å². The lowest BCUT2D eigenvalue weighted by molar-refractivity contribution is 0.0486. The van der Waals surface area contributed by atoms with E-state index < -0.39 is 11.6 Å². The van der Waals surface area contributed by atoms with E-state index in [0.29, 0.717) is 0 Å². The summed E-state index contributed by atoms with van der Waals surface area (Å²) in [7, 11) is 0. The summed E-state index contributed by atoms with van der Waals surface area (Å²) in [6, 6.07) is 2.76. The molecular formula is C10H16O4. The summed E-state index contributed by atoms with van der Waals surface area (Å²) in [6.45, 7) is 7.05. The highest BCUT2D eigenvalue weighted by molar-refractivity contribution is 5.84. The number of furan rings is 1. The van der Waals surface area contributed by atoms with E-state index in [9.17, 15) is 9.90 Å². The average molecular weight is 200 g/mol. The molecule has 0 aliphatic rings. The van der Waals surface area contributed by atoms with Crippen molar-refractivity contribution in [2.24, 2.45) is 0 Å². The van der Waals surface area contributed by atoms with Crippen LogP contribution in [0.2, 0.25) is 0 Å². The van der Waals surface area contributed by atoms with Crippen LogP contribution in [0.3, 0.4) is 0 Å². The van der Waals surface area contributed by atoms with Crippen molar-refractivity contribution in [3.05, 3.63) is 23.7 Å². The lowest BCUT2D eigenvalue weighted by Gasteiger charge is -2.12. The lowest BCUT2D eigenvalue weighted by atomic mass is 10.1. The molecule has 0 aliphatic heterocycles. The van der Waals surface area contributed by atoms with Crippen molar-refractivity contribution in [2.75, 3.05) is 0 Å². The molecule has 0 bridgehead atoms. The minimum Gasteiger partial charge on any atom is -0.475 e. The Hall–Kier alpha value is -1.29. The summed E-state index contributed by atoms with van der Waals surface area (Å²) in [4.78, 5) is 10.4. The number of rotatable bonds is 2. The fourth-order valence-electron chi connectivity index (χ4n) is 0.782. The number of hydrogen-bond donors (Lipinski definition) is 2. The molecule has 0 saturated heterocycles. The van der Waals surface area contributed by atoms with Gasteiger partial charge in [-0.3, -0.25) is 0 Å². The van der Waals surface area contributed by atoms with Gasteiger partial charge in [0.2, 0.25) is 5.76 Å². The standard InChI is InChI=1S/C8H10O4.C2H6/c1-8(2,11)6-4-3-5(12-6)7(9)10;1-2/h3-4,11H,1-2H3,(H,9,10);1-2H3. The average Bonchev–Trinajstić information content (AvgIpc) is 2.54. The van der Waals surface area contributed by atoms with E-state index in [-0.39, 0.29) is 11.5 Å². The molecule has 0 spiro atoms. The molecule has 1 aromatic heterocycles. The Balaban J connectivity index is 0.000000791. The number of aliphatic hydroxyl groups is 1. The SMILES string of the molecule is CC.CC(C)(O)c1ccc(C(=O)O)o1. The highest BCUT2D eigenvalue weighted by Crippen LogP contribution is 2.21. The van der Waals surface area contributed by atoms with Crippen LogP contribution in [-0.4, -0.2) is 16.2 Å². The van der Waals surface area contributed by atoms with Gasteiger partial charge >= 0.3 is 5.97 Å². The van der Waals surface area contributed by atoms with E-state index in [1.165, 1.54) is 26.0 Å². The Labute approximate surface area is 83.2 Å². The fraction of sp³-hybridized carbons (Fsp3) is 0.500. The largest absolute Gasteiger partial charge is 0.475 e. The highest BCUT2D eigenvalue weighted by Gasteiger charge is 2.21. The predicted molar refractivity (Wildman–Crippen MR) is 52.3 cm³/mol. The Bertz CT molecular complexity index is 293. The van der Waals surface area contributed by atoms with Gasteiger partial charge in [0.25, 0.3) is 0 Å². The Morgan fingerprint density at radius 1 is 1.36 bits per heavy atom. The molecule has 14 heavy (non-hydrogen) atoms. The summed E-state index contributed by atoms with van der Waals surface area (Å²) in [5.41, 5.74) is -1.13. The van der Waals surface area contributed by atoms with Crippen LogP contribution in [0.4, 0.5) is 0 Å². The smallest absolute Gasteiger partial charge is 0.371 e. The van der Waals surface area contributed by atoms with Gasteiger partial charge in [0.1, 0.15) is 11.4 Å². The van der Waals surface area contributed by atoms with E-state index in [0.717, 1.165) is 0 Å². The third-order valence-corrected chi connectivity index (χ3v) is 1.42. The second kappa shape index (κ2) is 4.81. The minimum atomic E-state index is -1.13. The summed E-state index contributed by atoms with van der Waals surface area (Å²) < 4.78 is 4.86. The fourth-order valence-corrected chi connectivity index (χ4v) is 0.782. The Morgan fingerprint density at radius 2 is 1.86 bits per heavy atom.